The number of hydrogen-bond donors (Lipinski definition) is 0. The fourth-order valence-electron chi connectivity index (χ4n) is 4.68. The van der Waals surface area contributed by atoms with Crippen LogP contribution in [0.4, 0.5) is 0 Å². The number of methoxy groups -OCH3 is 1. The lowest BCUT2D eigenvalue weighted by Crippen LogP contribution is -2.47. The second kappa shape index (κ2) is 5.93. The molecule has 2 heterocycles. The number of fused-ring (bicyclic) bond motifs is 2. The minimum Gasteiger partial charge on any atom is -0.383 e. The van der Waals surface area contributed by atoms with Crippen molar-refractivity contribution in [3.05, 3.63) is 0 Å². The van der Waals surface area contributed by atoms with Crippen molar-refractivity contribution >= 4 is 11.7 Å². The van der Waals surface area contributed by atoms with Crippen molar-refractivity contribution in [1.29, 1.82) is 0 Å². The van der Waals surface area contributed by atoms with Gasteiger partial charge in [0.1, 0.15) is 11.4 Å². The molecule has 3 aliphatic rings. The van der Waals surface area contributed by atoms with Crippen LogP contribution in [0.1, 0.15) is 33.6 Å². The van der Waals surface area contributed by atoms with Crippen LogP contribution in [-0.4, -0.2) is 67.0 Å². The molecule has 0 N–H and O–H groups in total. The molecule has 1 saturated heterocycles. The maximum Gasteiger partial charge on any atom is 0.256 e. The van der Waals surface area contributed by atoms with Gasteiger partial charge in [0.25, 0.3) is 5.91 Å². The number of aliphatic imine (C=N–C) groups is 1. The summed E-state index contributed by atoms with van der Waals surface area (Å²) in [5, 5.41) is 0. The van der Waals surface area contributed by atoms with Crippen LogP contribution in [0.25, 0.3) is 0 Å². The van der Waals surface area contributed by atoms with E-state index in [4.69, 9.17) is 9.73 Å². The molecule has 0 aromatic carbocycles. The van der Waals surface area contributed by atoms with Gasteiger partial charge in [-0.25, -0.2) is 0 Å². The van der Waals surface area contributed by atoms with E-state index < -0.39 is 5.54 Å². The maximum atomic E-state index is 13.1. The number of hydrogen-bond acceptors (Lipinski definition) is 4. The standard InChI is InChI=1S/C17H29N3O2/c1-12(2)9-19-10-14-5-6-17(15(14)11-19)16(21)20(7-8-22-4)13(3)18-17/h12,14-15H,5-11H2,1-4H3/t14-,15+,17-/m1/s1. The van der Waals surface area contributed by atoms with Crippen LogP contribution in [-0.2, 0) is 9.53 Å². The highest BCUT2D eigenvalue weighted by Gasteiger charge is 2.60. The molecular formula is C17H29N3O2. The first-order chi connectivity index (χ1) is 10.5. The smallest absolute Gasteiger partial charge is 0.256 e. The zero-order valence-electron chi connectivity index (χ0n) is 14.3. The van der Waals surface area contributed by atoms with Crippen LogP contribution in [0.2, 0.25) is 0 Å². The van der Waals surface area contributed by atoms with Gasteiger partial charge in [0, 0.05) is 32.7 Å². The van der Waals surface area contributed by atoms with Crippen molar-refractivity contribution in [2.45, 2.75) is 39.2 Å². The third-order valence-electron chi connectivity index (χ3n) is 5.54. The quantitative estimate of drug-likeness (QED) is 0.775. The van der Waals surface area contributed by atoms with E-state index in [2.05, 4.69) is 18.7 Å². The minimum absolute atomic E-state index is 0.223. The van der Waals surface area contributed by atoms with Gasteiger partial charge >= 0.3 is 0 Å². The molecule has 3 atom stereocenters. The Hall–Kier alpha value is -0.940. The number of carbonyl (C=O) groups excluding carboxylic acids is 1. The number of amides is 1. The molecule has 124 valence electrons. The first-order valence-corrected chi connectivity index (χ1v) is 8.57. The highest BCUT2D eigenvalue weighted by Crippen LogP contribution is 2.50. The molecule has 1 saturated carbocycles. The van der Waals surface area contributed by atoms with Crippen LogP contribution in [0.15, 0.2) is 4.99 Å². The molecule has 5 nitrogen and oxygen atoms in total. The Morgan fingerprint density at radius 2 is 2.18 bits per heavy atom. The normalized spacial score (nSPS) is 35.0. The van der Waals surface area contributed by atoms with Crippen molar-refractivity contribution in [1.82, 2.24) is 9.80 Å². The highest BCUT2D eigenvalue weighted by atomic mass is 16.5. The number of nitrogens with zero attached hydrogens (tertiary/aromatic N) is 3. The molecule has 0 radical (unpaired) electrons. The summed E-state index contributed by atoms with van der Waals surface area (Å²) in [5.74, 6) is 2.83. The molecule has 1 aliphatic carbocycles. The zero-order chi connectivity index (χ0) is 15.9. The van der Waals surface area contributed by atoms with Crippen molar-refractivity contribution in [2.75, 3.05) is 39.9 Å². The second-order valence-corrected chi connectivity index (χ2v) is 7.55. The Labute approximate surface area is 133 Å². The molecule has 0 aromatic heterocycles. The summed E-state index contributed by atoms with van der Waals surface area (Å²) < 4.78 is 5.14. The molecule has 3 rings (SSSR count). The van der Waals surface area contributed by atoms with Crippen molar-refractivity contribution in [3.8, 4) is 0 Å². The van der Waals surface area contributed by atoms with Crippen LogP contribution in [0.5, 0.6) is 0 Å². The average Bonchev–Trinajstić information content (AvgIpc) is 3.05. The lowest BCUT2D eigenvalue weighted by molar-refractivity contribution is -0.132. The van der Waals surface area contributed by atoms with Crippen molar-refractivity contribution in [3.63, 3.8) is 0 Å². The summed E-state index contributed by atoms with van der Waals surface area (Å²) in [7, 11) is 1.68. The topological polar surface area (TPSA) is 45.1 Å². The predicted molar refractivity (Wildman–Crippen MR) is 86.9 cm³/mol. The summed E-state index contributed by atoms with van der Waals surface area (Å²) >= 11 is 0. The SMILES string of the molecule is COCCN1C(=O)[C@]2(CC[C@@H]3CN(CC(C)C)C[C@@H]32)N=C1C. The van der Waals surface area contributed by atoms with E-state index >= 15 is 0 Å². The number of ether oxygens (including phenoxy) is 1. The van der Waals surface area contributed by atoms with E-state index in [9.17, 15) is 4.79 Å². The lowest BCUT2D eigenvalue weighted by atomic mass is 9.85. The Bertz CT molecular complexity index is 477. The van der Waals surface area contributed by atoms with E-state index in [1.54, 1.807) is 7.11 Å². The van der Waals surface area contributed by atoms with Gasteiger partial charge in [-0.15, -0.1) is 0 Å². The van der Waals surface area contributed by atoms with Gasteiger partial charge in [-0.05, 0) is 31.6 Å². The molecule has 2 fully saturated rings. The van der Waals surface area contributed by atoms with Gasteiger partial charge in [-0.2, -0.15) is 0 Å². The third kappa shape index (κ3) is 2.48. The minimum atomic E-state index is -0.464. The molecule has 22 heavy (non-hydrogen) atoms. The monoisotopic (exact) mass is 307 g/mol. The first kappa shape index (κ1) is 15.9. The van der Waals surface area contributed by atoms with Gasteiger partial charge in [0.2, 0.25) is 0 Å². The largest absolute Gasteiger partial charge is 0.383 e. The summed E-state index contributed by atoms with van der Waals surface area (Å²) in [6, 6.07) is 0. The Balaban J connectivity index is 1.76. The zero-order valence-corrected chi connectivity index (χ0v) is 14.3. The fraction of sp³-hybridized carbons (Fsp3) is 0.882. The Kier molecular flexibility index (Phi) is 4.29. The Morgan fingerprint density at radius 1 is 1.41 bits per heavy atom. The van der Waals surface area contributed by atoms with Crippen molar-refractivity contribution < 1.29 is 9.53 Å². The molecule has 5 heteroatoms. The van der Waals surface area contributed by atoms with Gasteiger partial charge in [-0.3, -0.25) is 14.7 Å². The molecule has 1 spiro atoms. The predicted octanol–water partition coefficient (Wildman–Crippen LogP) is 1.63. The number of likely N-dealkylation sites (tertiary alicyclic amines) is 1. The fourth-order valence-corrected chi connectivity index (χ4v) is 4.68. The Morgan fingerprint density at radius 3 is 2.86 bits per heavy atom. The number of amidine groups is 1. The van der Waals surface area contributed by atoms with Crippen molar-refractivity contribution in [2.24, 2.45) is 22.7 Å². The molecule has 1 amide bonds. The van der Waals surface area contributed by atoms with Gasteiger partial charge in [-0.1, -0.05) is 13.8 Å². The van der Waals surface area contributed by atoms with Crippen LogP contribution < -0.4 is 0 Å². The van der Waals surface area contributed by atoms with Gasteiger partial charge < -0.3 is 9.64 Å². The molecule has 0 bridgehead atoms. The van der Waals surface area contributed by atoms with Gasteiger partial charge in [0.15, 0.2) is 0 Å². The second-order valence-electron chi connectivity index (χ2n) is 7.55. The van der Waals surface area contributed by atoms with Gasteiger partial charge in [0.05, 0.1) is 13.2 Å². The maximum absolute atomic E-state index is 13.1. The van der Waals surface area contributed by atoms with E-state index in [-0.39, 0.29) is 5.91 Å². The number of carbonyl (C=O) groups is 1. The van der Waals surface area contributed by atoms with E-state index in [0.717, 1.165) is 38.3 Å². The molecule has 0 aromatic rings. The van der Waals surface area contributed by atoms with E-state index in [0.29, 0.717) is 30.9 Å². The van der Waals surface area contributed by atoms with Crippen LogP contribution in [0.3, 0.4) is 0 Å². The van der Waals surface area contributed by atoms with E-state index in [1.165, 1.54) is 0 Å². The molecular weight excluding hydrogens is 278 g/mol. The average molecular weight is 307 g/mol. The third-order valence-corrected chi connectivity index (χ3v) is 5.54. The summed E-state index contributed by atoms with van der Waals surface area (Å²) in [5.41, 5.74) is -0.464. The number of rotatable bonds is 5. The first-order valence-electron chi connectivity index (χ1n) is 8.57. The lowest BCUT2D eigenvalue weighted by Gasteiger charge is -2.28. The molecule has 0 unspecified atom stereocenters. The van der Waals surface area contributed by atoms with Crippen LogP contribution in [0, 0.1) is 17.8 Å². The highest BCUT2D eigenvalue weighted by molar-refractivity contribution is 6.07. The van der Waals surface area contributed by atoms with Crippen LogP contribution >= 0.6 is 0 Å². The molecule has 2 aliphatic heterocycles. The summed E-state index contributed by atoms with van der Waals surface area (Å²) in [4.78, 5) is 22.3. The summed E-state index contributed by atoms with van der Waals surface area (Å²) in [6.07, 6.45) is 2.07. The van der Waals surface area contributed by atoms with E-state index in [1.807, 2.05) is 11.8 Å². The summed E-state index contributed by atoms with van der Waals surface area (Å²) in [6.45, 7) is 11.0.